The molecule has 5 aromatic rings. The van der Waals surface area contributed by atoms with Gasteiger partial charge in [0.2, 0.25) is 29.6 Å². The highest BCUT2D eigenvalue weighted by molar-refractivity contribution is 6.06. The summed E-state index contributed by atoms with van der Waals surface area (Å²) in [6, 6.07) is 9.37. The fourth-order valence-electron chi connectivity index (χ4n) is 5.19. The Labute approximate surface area is 253 Å². The highest BCUT2D eigenvalue weighted by Crippen LogP contribution is 2.33. The summed E-state index contributed by atoms with van der Waals surface area (Å²) in [6.45, 7) is 6.84. The van der Waals surface area contributed by atoms with E-state index in [4.69, 9.17) is 9.72 Å². The molecular weight excluding hydrogens is 562 g/mol. The molecule has 1 aliphatic rings. The van der Waals surface area contributed by atoms with Crippen molar-refractivity contribution in [1.29, 1.82) is 0 Å². The van der Waals surface area contributed by atoms with E-state index < -0.39 is 0 Å². The molecule has 0 aliphatic carbocycles. The van der Waals surface area contributed by atoms with Crippen molar-refractivity contribution >= 4 is 46.1 Å². The number of carbonyl (C=O) groups excluding carboxylic acids is 2. The summed E-state index contributed by atoms with van der Waals surface area (Å²) in [5, 5.41) is 14.2. The maximum absolute atomic E-state index is 13.1. The van der Waals surface area contributed by atoms with Gasteiger partial charge in [-0.25, -0.2) is 15.0 Å². The van der Waals surface area contributed by atoms with Crippen molar-refractivity contribution in [3.63, 3.8) is 0 Å². The third-order valence-electron chi connectivity index (χ3n) is 7.37. The number of aromatic nitrogens is 7. The van der Waals surface area contributed by atoms with Gasteiger partial charge >= 0.3 is 0 Å². The van der Waals surface area contributed by atoms with Crippen molar-refractivity contribution in [2.75, 3.05) is 35.6 Å². The molecule has 1 aliphatic heterocycles. The molecule has 1 saturated heterocycles. The number of hydrogen-bond acceptors (Lipinski definition) is 10. The Morgan fingerprint density at radius 1 is 1.11 bits per heavy atom. The highest BCUT2D eigenvalue weighted by atomic mass is 16.5. The van der Waals surface area contributed by atoms with E-state index >= 15 is 0 Å². The van der Waals surface area contributed by atoms with Gasteiger partial charge in [-0.15, -0.1) is 0 Å². The second kappa shape index (κ2) is 12.1. The predicted molar refractivity (Wildman–Crippen MR) is 166 cm³/mol. The van der Waals surface area contributed by atoms with Gasteiger partial charge < -0.3 is 20.4 Å². The summed E-state index contributed by atoms with van der Waals surface area (Å²) in [7, 11) is 1.88. The van der Waals surface area contributed by atoms with Crippen molar-refractivity contribution in [2.45, 2.75) is 33.3 Å². The van der Waals surface area contributed by atoms with Crippen LogP contribution in [0.25, 0.3) is 22.2 Å². The molecule has 1 atom stereocenters. The number of aryl methyl sites for hydroxylation is 3. The summed E-state index contributed by atoms with van der Waals surface area (Å²) in [5.74, 6) is 1.31. The summed E-state index contributed by atoms with van der Waals surface area (Å²) < 4.78 is 7.77. The quantitative estimate of drug-likeness (QED) is 0.198. The van der Waals surface area contributed by atoms with E-state index in [1.54, 1.807) is 16.9 Å². The second-order valence-electron chi connectivity index (χ2n) is 10.8. The Hall–Kier alpha value is -5.37. The Bertz CT molecular complexity index is 1830. The minimum atomic E-state index is -0.256. The van der Waals surface area contributed by atoms with Gasteiger partial charge in [-0.2, -0.15) is 10.1 Å². The predicted octanol–water partition coefficient (Wildman–Crippen LogP) is 3.56. The number of benzene rings is 1. The lowest BCUT2D eigenvalue weighted by Crippen LogP contribution is -2.33. The van der Waals surface area contributed by atoms with Gasteiger partial charge in [0, 0.05) is 74.4 Å². The van der Waals surface area contributed by atoms with Crippen molar-refractivity contribution in [3.05, 3.63) is 60.2 Å². The van der Waals surface area contributed by atoms with Crippen LogP contribution < -0.4 is 20.7 Å². The van der Waals surface area contributed by atoms with Crippen molar-refractivity contribution < 1.29 is 14.3 Å². The SMILES string of the molecule is CC(=O)Nc1nccc(O[C@H]2CCN(CC(=O)Nc3cccc4c(-c5nc(Nc6cc(C)n(C)n6)ncc5C)c[nH]c34)C2)n1. The van der Waals surface area contributed by atoms with Crippen LogP contribution in [0, 0.1) is 13.8 Å². The van der Waals surface area contributed by atoms with Crippen LogP contribution in [0.3, 0.4) is 0 Å². The van der Waals surface area contributed by atoms with Gasteiger partial charge in [0.25, 0.3) is 0 Å². The second-order valence-corrected chi connectivity index (χ2v) is 10.8. The van der Waals surface area contributed by atoms with Gasteiger partial charge in [-0.1, -0.05) is 12.1 Å². The first-order valence-corrected chi connectivity index (χ1v) is 14.2. The largest absolute Gasteiger partial charge is 0.473 e. The molecular formula is C30H33N11O3. The molecule has 0 unspecified atom stereocenters. The number of H-pyrrole nitrogens is 1. The molecule has 6 rings (SSSR count). The number of anilines is 4. The van der Waals surface area contributed by atoms with Crippen LogP contribution in [0.15, 0.2) is 48.9 Å². The van der Waals surface area contributed by atoms with Crippen LogP contribution in [0.5, 0.6) is 5.88 Å². The number of nitrogens with one attached hydrogen (secondary N) is 4. The highest BCUT2D eigenvalue weighted by Gasteiger charge is 2.26. The van der Waals surface area contributed by atoms with Gasteiger partial charge in [0.1, 0.15) is 6.10 Å². The zero-order chi connectivity index (χ0) is 30.8. The van der Waals surface area contributed by atoms with Crippen LogP contribution in [-0.4, -0.2) is 77.2 Å². The van der Waals surface area contributed by atoms with Crippen LogP contribution >= 0.6 is 0 Å². The number of likely N-dealkylation sites (tertiary alicyclic amines) is 1. The minimum Gasteiger partial charge on any atom is -0.473 e. The molecule has 1 fully saturated rings. The van der Waals surface area contributed by atoms with Gasteiger partial charge in [-0.3, -0.25) is 24.5 Å². The molecule has 0 spiro atoms. The summed E-state index contributed by atoms with van der Waals surface area (Å²) >= 11 is 0. The molecule has 1 aromatic carbocycles. The molecule has 226 valence electrons. The van der Waals surface area contributed by atoms with Gasteiger partial charge in [0.05, 0.1) is 23.4 Å². The van der Waals surface area contributed by atoms with Crippen LogP contribution in [-0.2, 0) is 16.6 Å². The first-order chi connectivity index (χ1) is 21.2. The number of rotatable bonds is 9. The Balaban J connectivity index is 1.11. The number of amides is 2. The number of nitrogens with zero attached hydrogens (tertiary/aromatic N) is 7. The van der Waals surface area contributed by atoms with Crippen molar-refractivity contribution in [2.24, 2.45) is 7.05 Å². The zero-order valence-electron chi connectivity index (χ0n) is 24.9. The summed E-state index contributed by atoms with van der Waals surface area (Å²) in [5.41, 5.74) is 5.12. The molecule has 0 radical (unpaired) electrons. The molecule has 5 heterocycles. The normalized spacial score (nSPS) is 15.0. The monoisotopic (exact) mass is 595 g/mol. The first-order valence-electron chi connectivity index (χ1n) is 14.2. The number of para-hydroxylation sites is 1. The molecule has 14 heteroatoms. The van der Waals surface area contributed by atoms with E-state index in [9.17, 15) is 9.59 Å². The van der Waals surface area contributed by atoms with E-state index in [2.05, 4.69) is 41.0 Å². The van der Waals surface area contributed by atoms with Gasteiger partial charge in [0.15, 0.2) is 5.82 Å². The average molecular weight is 596 g/mol. The maximum Gasteiger partial charge on any atom is 0.238 e. The van der Waals surface area contributed by atoms with Crippen LogP contribution in [0.2, 0.25) is 0 Å². The lowest BCUT2D eigenvalue weighted by atomic mass is 10.1. The number of carbonyl (C=O) groups is 2. The molecule has 14 nitrogen and oxygen atoms in total. The number of hydrogen-bond donors (Lipinski definition) is 4. The zero-order valence-corrected chi connectivity index (χ0v) is 24.9. The third-order valence-corrected chi connectivity index (χ3v) is 7.37. The molecule has 0 saturated carbocycles. The van der Waals surface area contributed by atoms with Crippen LogP contribution in [0.1, 0.15) is 24.6 Å². The van der Waals surface area contributed by atoms with E-state index in [0.717, 1.165) is 39.8 Å². The standard InChI is InChI=1S/C30H33N11O3/c1-17-13-33-30(36-24-12-18(2)40(4)39-24)38-27(17)22-14-32-28-21(22)6-5-7-23(28)35-25(43)16-41-11-9-20(15-41)44-26-8-10-31-29(37-26)34-19(3)42/h5-8,10,12-14,20,32H,9,11,15-16H2,1-4H3,(H,35,43)(H,31,34,37,42)(H,33,36,38,39)/t20-/m0/s1. The minimum absolute atomic E-state index is 0.125. The van der Waals surface area contributed by atoms with E-state index in [1.165, 1.54) is 13.1 Å². The molecule has 0 bridgehead atoms. The number of aromatic amines is 1. The van der Waals surface area contributed by atoms with E-state index in [-0.39, 0.29) is 30.4 Å². The first kappa shape index (κ1) is 28.7. The molecule has 44 heavy (non-hydrogen) atoms. The fourth-order valence-corrected chi connectivity index (χ4v) is 5.19. The Morgan fingerprint density at radius 3 is 2.77 bits per heavy atom. The maximum atomic E-state index is 13.1. The van der Waals surface area contributed by atoms with Crippen LogP contribution in [0.4, 0.5) is 23.4 Å². The lowest BCUT2D eigenvalue weighted by molar-refractivity contribution is -0.117. The number of ether oxygens (including phenoxy) is 1. The van der Waals surface area contributed by atoms with Crippen molar-refractivity contribution in [1.82, 2.24) is 39.6 Å². The Morgan fingerprint density at radius 2 is 1.98 bits per heavy atom. The Kier molecular flexibility index (Phi) is 7.89. The lowest BCUT2D eigenvalue weighted by Gasteiger charge is -2.16. The van der Waals surface area contributed by atoms with E-state index in [0.29, 0.717) is 36.4 Å². The fraction of sp³-hybridized carbons (Fsp3) is 0.300. The summed E-state index contributed by atoms with van der Waals surface area (Å²) in [4.78, 5) is 47.2. The molecule has 4 aromatic heterocycles. The topological polar surface area (TPSA) is 168 Å². The average Bonchev–Trinajstić information content (AvgIpc) is 3.69. The molecule has 4 N–H and O–H groups in total. The summed E-state index contributed by atoms with van der Waals surface area (Å²) in [6.07, 6.45) is 5.83. The van der Waals surface area contributed by atoms with Gasteiger partial charge in [-0.05, 0) is 31.9 Å². The van der Waals surface area contributed by atoms with E-state index in [1.807, 2.05) is 56.3 Å². The van der Waals surface area contributed by atoms with Crippen molar-refractivity contribution in [3.8, 4) is 17.1 Å². The molecule has 2 amide bonds. The smallest absolute Gasteiger partial charge is 0.238 e. The number of fused-ring (bicyclic) bond motifs is 1. The third kappa shape index (κ3) is 6.34.